The van der Waals surface area contributed by atoms with Gasteiger partial charge in [0, 0.05) is 0 Å². The smallest absolute Gasteiger partial charge is 0.00703 e. The maximum atomic E-state index is 3.45. The Kier molecular flexibility index (Phi) is 3.45. The Bertz CT molecular complexity index is 492. The number of hydrogen-bond donors (Lipinski definition) is 0. The summed E-state index contributed by atoms with van der Waals surface area (Å²) in [7, 11) is 0. The summed E-state index contributed by atoms with van der Waals surface area (Å²) >= 11 is 0. The van der Waals surface area contributed by atoms with Crippen LogP contribution in [0.15, 0.2) is 48.5 Å². The first-order chi connectivity index (χ1) is 8.95. The Hall–Kier alpha value is -1.56. The van der Waals surface area contributed by atoms with E-state index in [0.717, 1.165) is 5.92 Å². The summed E-state index contributed by atoms with van der Waals surface area (Å²) in [5.74, 6) is 0.742. The van der Waals surface area contributed by atoms with Gasteiger partial charge in [-0.3, -0.25) is 0 Å². The van der Waals surface area contributed by atoms with E-state index < -0.39 is 0 Å². The van der Waals surface area contributed by atoms with Crippen LogP contribution < -0.4 is 0 Å². The van der Waals surface area contributed by atoms with E-state index >= 15 is 0 Å². The number of rotatable bonds is 2. The normalized spacial score (nSPS) is 16.7. The highest BCUT2D eigenvalue weighted by atomic mass is 14.2. The molecule has 2 aromatic rings. The van der Waals surface area contributed by atoms with Gasteiger partial charge in [0.25, 0.3) is 0 Å². The first-order valence-electron chi connectivity index (χ1n) is 7.01. The minimum Gasteiger partial charge on any atom is -0.0622 e. The first kappa shape index (κ1) is 11.5. The van der Waals surface area contributed by atoms with E-state index in [1.807, 2.05) is 6.07 Å². The van der Waals surface area contributed by atoms with Gasteiger partial charge < -0.3 is 0 Å². The van der Waals surface area contributed by atoms with Gasteiger partial charge >= 0.3 is 0 Å². The van der Waals surface area contributed by atoms with Crippen molar-refractivity contribution in [2.45, 2.75) is 38.0 Å². The third-order valence-corrected chi connectivity index (χ3v) is 4.00. The highest BCUT2D eigenvalue weighted by Crippen LogP contribution is 2.37. The molecule has 0 aliphatic heterocycles. The molecule has 0 atom stereocenters. The molecule has 1 aliphatic carbocycles. The van der Waals surface area contributed by atoms with Crippen LogP contribution in [0.25, 0.3) is 11.1 Å². The fourth-order valence-electron chi connectivity index (χ4n) is 3.06. The predicted octanol–water partition coefficient (Wildman–Crippen LogP) is 5.20. The molecule has 2 aromatic carbocycles. The van der Waals surface area contributed by atoms with Crippen molar-refractivity contribution >= 4 is 0 Å². The molecule has 0 heterocycles. The largest absolute Gasteiger partial charge is 0.0622 e. The summed E-state index contributed by atoms with van der Waals surface area (Å²) in [5.41, 5.74) is 4.12. The van der Waals surface area contributed by atoms with E-state index in [2.05, 4.69) is 48.5 Å². The molecule has 1 saturated carbocycles. The van der Waals surface area contributed by atoms with Gasteiger partial charge in [0.15, 0.2) is 0 Å². The second-order valence-corrected chi connectivity index (χ2v) is 5.20. The average molecular weight is 235 g/mol. The van der Waals surface area contributed by atoms with Crippen LogP contribution in [0.4, 0.5) is 0 Å². The lowest BCUT2D eigenvalue weighted by Crippen LogP contribution is -2.05. The molecular formula is C18H19. The molecular weight excluding hydrogens is 216 g/mol. The molecule has 18 heavy (non-hydrogen) atoms. The summed E-state index contributed by atoms with van der Waals surface area (Å²) in [5, 5.41) is 0. The van der Waals surface area contributed by atoms with Crippen LogP contribution in [0.3, 0.4) is 0 Å². The Labute approximate surface area is 110 Å². The Morgan fingerprint density at radius 3 is 2.39 bits per heavy atom. The molecule has 0 unspecified atom stereocenters. The summed E-state index contributed by atoms with van der Waals surface area (Å²) < 4.78 is 0. The van der Waals surface area contributed by atoms with Crippen molar-refractivity contribution in [2.75, 3.05) is 0 Å². The van der Waals surface area contributed by atoms with E-state index in [9.17, 15) is 0 Å². The van der Waals surface area contributed by atoms with Gasteiger partial charge in [-0.1, -0.05) is 67.8 Å². The molecule has 0 spiro atoms. The monoisotopic (exact) mass is 235 g/mol. The van der Waals surface area contributed by atoms with E-state index in [1.165, 1.54) is 48.8 Å². The lowest BCUT2D eigenvalue weighted by atomic mass is 9.81. The highest BCUT2D eigenvalue weighted by Gasteiger charge is 2.18. The van der Waals surface area contributed by atoms with E-state index in [0.29, 0.717) is 0 Å². The lowest BCUT2D eigenvalue weighted by molar-refractivity contribution is 0.444. The van der Waals surface area contributed by atoms with Crippen molar-refractivity contribution < 1.29 is 0 Å². The minimum absolute atomic E-state index is 0.742. The summed E-state index contributed by atoms with van der Waals surface area (Å²) in [4.78, 5) is 0. The molecule has 0 bridgehead atoms. The van der Waals surface area contributed by atoms with Crippen LogP contribution >= 0.6 is 0 Å². The first-order valence-corrected chi connectivity index (χ1v) is 7.01. The van der Waals surface area contributed by atoms with Gasteiger partial charge in [-0.25, -0.2) is 0 Å². The quantitative estimate of drug-likeness (QED) is 0.671. The third-order valence-electron chi connectivity index (χ3n) is 4.00. The van der Waals surface area contributed by atoms with Crippen molar-refractivity contribution in [3.63, 3.8) is 0 Å². The molecule has 0 aromatic heterocycles. The molecule has 0 saturated heterocycles. The van der Waals surface area contributed by atoms with Crippen molar-refractivity contribution in [1.29, 1.82) is 0 Å². The maximum absolute atomic E-state index is 3.45. The zero-order chi connectivity index (χ0) is 12.2. The minimum atomic E-state index is 0.742. The Morgan fingerprint density at radius 1 is 0.833 bits per heavy atom. The molecule has 1 aliphatic rings. The second-order valence-electron chi connectivity index (χ2n) is 5.20. The summed E-state index contributed by atoms with van der Waals surface area (Å²) in [6.07, 6.45) is 6.87. The van der Waals surface area contributed by atoms with Crippen LogP contribution in [0, 0.1) is 6.07 Å². The molecule has 0 nitrogen and oxygen atoms in total. The lowest BCUT2D eigenvalue weighted by Gasteiger charge is -2.24. The van der Waals surface area contributed by atoms with Crippen molar-refractivity contribution in [1.82, 2.24) is 0 Å². The summed E-state index contributed by atoms with van der Waals surface area (Å²) in [6, 6.07) is 20.6. The second kappa shape index (κ2) is 5.39. The fourth-order valence-corrected chi connectivity index (χ4v) is 3.06. The van der Waals surface area contributed by atoms with Gasteiger partial charge in [-0.15, -0.1) is 0 Å². The average Bonchev–Trinajstić information content (AvgIpc) is 2.49. The standard InChI is InChI=1S/C18H19/c1-3-9-15(10-4-1)17-13-7-8-14-18(17)16-11-5-2-6-12-16/h1,3-4,7-10,14,16H,2,5-6,11-12H2. The van der Waals surface area contributed by atoms with Crippen LogP contribution in [0.2, 0.25) is 0 Å². The molecule has 1 radical (unpaired) electrons. The van der Waals surface area contributed by atoms with Crippen molar-refractivity contribution in [3.8, 4) is 11.1 Å². The zero-order valence-corrected chi connectivity index (χ0v) is 10.7. The Morgan fingerprint density at radius 2 is 1.61 bits per heavy atom. The molecule has 0 N–H and O–H groups in total. The zero-order valence-electron chi connectivity index (χ0n) is 10.7. The molecule has 91 valence electrons. The molecule has 0 heteroatoms. The Balaban J connectivity index is 1.99. The molecule has 3 rings (SSSR count). The van der Waals surface area contributed by atoms with E-state index in [1.54, 1.807) is 0 Å². The van der Waals surface area contributed by atoms with Gasteiger partial charge in [0.1, 0.15) is 0 Å². The molecule has 1 fully saturated rings. The maximum Gasteiger partial charge on any atom is -0.00703 e. The highest BCUT2D eigenvalue weighted by molar-refractivity contribution is 5.67. The van der Waals surface area contributed by atoms with Gasteiger partial charge in [-0.05, 0) is 41.5 Å². The fraction of sp³-hybridized carbons (Fsp3) is 0.333. The SMILES string of the molecule is [c]1cccc(C2CCCCC2)c1-c1ccccc1. The third kappa shape index (κ3) is 2.33. The predicted molar refractivity (Wildman–Crippen MR) is 76.5 cm³/mol. The molecule has 0 amide bonds. The van der Waals surface area contributed by atoms with E-state index in [4.69, 9.17) is 0 Å². The number of benzene rings is 2. The van der Waals surface area contributed by atoms with Crippen LogP contribution in [0.1, 0.15) is 43.6 Å². The van der Waals surface area contributed by atoms with Gasteiger partial charge in [0.2, 0.25) is 0 Å². The van der Waals surface area contributed by atoms with E-state index in [-0.39, 0.29) is 0 Å². The van der Waals surface area contributed by atoms with Crippen LogP contribution in [-0.4, -0.2) is 0 Å². The van der Waals surface area contributed by atoms with Crippen LogP contribution in [0.5, 0.6) is 0 Å². The topological polar surface area (TPSA) is 0 Å². The van der Waals surface area contributed by atoms with Crippen molar-refractivity contribution in [2.24, 2.45) is 0 Å². The van der Waals surface area contributed by atoms with Gasteiger partial charge in [0.05, 0.1) is 0 Å². The number of hydrogen-bond acceptors (Lipinski definition) is 0. The van der Waals surface area contributed by atoms with Crippen LogP contribution in [-0.2, 0) is 0 Å². The van der Waals surface area contributed by atoms with Crippen molar-refractivity contribution in [3.05, 3.63) is 60.2 Å². The summed E-state index contributed by atoms with van der Waals surface area (Å²) in [6.45, 7) is 0. The van der Waals surface area contributed by atoms with Gasteiger partial charge in [-0.2, -0.15) is 0 Å².